The maximum Gasteiger partial charge on any atom is 0.446 e. The van der Waals surface area contributed by atoms with Crippen molar-refractivity contribution in [3.05, 3.63) is 24.3 Å². The Bertz CT molecular complexity index is 767. The van der Waals surface area contributed by atoms with Gasteiger partial charge in [0.2, 0.25) is 5.91 Å². The number of benzene rings is 1. The van der Waals surface area contributed by atoms with Gasteiger partial charge in [0.15, 0.2) is 0 Å². The topological polar surface area (TPSA) is 59.4 Å². The summed E-state index contributed by atoms with van der Waals surface area (Å²) in [7, 11) is 0. The minimum absolute atomic E-state index is 0.0655. The van der Waals surface area contributed by atoms with Crippen LogP contribution in [0.1, 0.15) is 38.5 Å². The third-order valence-electron chi connectivity index (χ3n) is 6.09. The molecule has 0 radical (unpaired) electrons. The molecule has 2 fully saturated rings. The van der Waals surface area contributed by atoms with Crippen molar-refractivity contribution in [3.8, 4) is 6.07 Å². The van der Waals surface area contributed by atoms with Crippen molar-refractivity contribution in [2.45, 2.75) is 55.0 Å². The van der Waals surface area contributed by atoms with E-state index in [-0.39, 0.29) is 35.0 Å². The fraction of sp³-hybridized carbons (Fsp3) is 0.636. The number of anilines is 1. The number of alkyl halides is 3. The largest absolute Gasteiger partial charge is 0.446 e. The van der Waals surface area contributed by atoms with Gasteiger partial charge in [0.05, 0.1) is 6.07 Å². The van der Waals surface area contributed by atoms with E-state index < -0.39 is 5.51 Å². The number of thioether (sulfide) groups is 1. The van der Waals surface area contributed by atoms with Crippen LogP contribution in [0.5, 0.6) is 0 Å². The number of piperazine rings is 1. The Morgan fingerprint density at radius 3 is 2.52 bits per heavy atom. The Hall–Kier alpha value is -1.92. The fourth-order valence-corrected chi connectivity index (χ4v) is 5.01. The molecule has 1 N–H and O–H groups in total. The van der Waals surface area contributed by atoms with Crippen LogP contribution in [0.3, 0.4) is 0 Å². The number of carbonyl (C=O) groups excluding carboxylic acids is 1. The number of nitriles is 1. The zero-order chi connectivity index (χ0) is 22.3. The van der Waals surface area contributed by atoms with Gasteiger partial charge in [-0.15, -0.1) is 0 Å². The smallest absolute Gasteiger partial charge is 0.369 e. The number of nitrogens with zero attached hydrogens (tertiary/aromatic N) is 3. The second-order valence-corrected chi connectivity index (χ2v) is 9.42. The van der Waals surface area contributed by atoms with Gasteiger partial charge in [-0.05, 0) is 74.5 Å². The van der Waals surface area contributed by atoms with E-state index in [0.29, 0.717) is 5.92 Å². The summed E-state index contributed by atoms with van der Waals surface area (Å²) in [4.78, 5) is 16.4. The summed E-state index contributed by atoms with van der Waals surface area (Å²) in [5.41, 5.74) is -3.41. The predicted octanol–water partition coefficient (Wildman–Crippen LogP) is 4.40. The molecule has 1 aromatic rings. The van der Waals surface area contributed by atoms with Gasteiger partial charge in [-0.1, -0.05) is 6.07 Å². The first-order chi connectivity index (χ1) is 14.8. The quantitative estimate of drug-likeness (QED) is 0.619. The minimum Gasteiger partial charge on any atom is -0.369 e. The van der Waals surface area contributed by atoms with Gasteiger partial charge in [0.1, 0.15) is 6.42 Å². The van der Waals surface area contributed by atoms with Gasteiger partial charge in [-0.3, -0.25) is 9.69 Å². The van der Waals surface area contributed by atoms with Crippen molar-refractivity contribution in [3.63, 3.8) is 0 Å². The van der Waals surface area contributed by atoms with E-state index in [1.54, 1.807) is 12.1 Å². The lowest BCUT2D eigenvalue weighted by molar-refractivity contribution is -0.121. The van der Waals surface area contributed by atoms with Crippen LogP contribution in [0.2, 0.25) is 0 Å². The molecule has 1 aliphatic carbocycles. The van der Waals surface area contributed by atoms with Crippen molar-refractivity contribution in [2.24, 2.45) is 5.92 Å². The number of halogens is 3. The van der Waals surface area contributed by atoms with E-state index >= 15 is 0 Å². The molecule has 1 aliphatic heterocycles. The Morgan fingerprint density at radius 2 is 1.87 bits per heavy atom. The summed E-state index contributed by atoms with van der Waals surface area (Å²) in [6, 6.07) is 8.78. The van der Waals surface area contributed by atoms with Crippen LogP contribution in [0.25, 0.3) is 0 Å². The van der Waals surface area contributed by atoms with Crippen molar-refractivity contribution in [1.29, 1.82) is 5.26 Å². The number of amides is 1. The Labute approximate surface area is 186 Å². The van der Waals surface area contributed by atoms with E-state index in [0.717, 1.165) is 70.5 Å². The van der Waals surface area contributed by atoms with Crippen LogP contribution < -0.4 is 10.2 Å². The molecule has 0 aromatic heterocycles. The average molecular weight is 455 g/mol. The van der Waals surface area contributed by atoms with E-state index in [9.17, 15) is 18.0 Å². The molecule has 1 aromatic carbocycles. The highest BCUT2D eigenvalue weighted by molar-refractivity contribution is 8.00. The van der Waals surface area contributed by atoms with E-state index in [1.165, 1.54) is 6.07 Å². The lowest BCUT2D eigenvalue weighted by Gasteiger charge is -2.37. The minimum atomic E-state index is -4.27. The van der Waals surface area contributed by atoms with E-state index in [4.69, 9.17) is 5.26 Å². The van der Waals surface area contributed by atoms with Gasteiger partial charge in [-0.25, -0.2) is 0 Å². The SMILES string of the molecule is N#CCC(=O)NC1CCC(CCN2CCN(c3cccc(SC(F)(F)F)c3)CC2)CC1. The molecule has 170 valence electrons. The normalized spacial score (nSPS) is 22.7. The van der Waals surface area contributed by atoms with Gasteiger partial charge in [0.25, 0.3) is 0 Å². The monoisotopic (exact) mass is 454 g/mol. The summed E-state index contributed by atoms with van der Waals surface area (Å²) in [5.74, 6) is 0.490. The Balaban J connectivity index is 1.36. The third-order valence-corrected chi connectivity index (χ3v) is 6.81. The Kier molecular flexibility index (Phi) is 8.50. The first kappa shape index (κ1) is 23.7. The summed E-state index contributed by atoms with van der Waals surface area (Å²) in [5, 5.41) is 11.5. The van der Waals surface area contributed by atoms with Crippen LogP contribution >= 0.6 is 11.8 Å². The fourth-order valence-electron chi connectivity index (χ4n) is 4.42. The third kappa shape index (κ3) is 7.93. The molecule has 1 saturated carbocycles. The van der Waals surface area contributed by atoms with Gasteiger partial charge in [0, 0.05) is 42.8 Å². The maximum absolute atomic E-state index is 12.6. The van der Waals surface area contributed by atoms with Crippen LogP contribution in [0, 0.1) is 17.2 Å². The molecule has 1 amide bonds. The Morgan fingerprint density at radius 1 is 1.16 bits per heavy atom. The number of hydrogen-bond acceptors (Lipinski definition) is 5. The molecule has 1 saturated heterocycles. The van der Waals surface area contributed by atoms with Crippen molar-refractivity contribution in [1.82, 2.24) is 10.2 Å². The van der Waals surface area contributed by atoms with Gasteiger partial charge >= 0.3 is 5.51 Å². The summed E-state index contributed by atoms with van der Waals surface area (Å²) in [6.45, 7) is 4.50. The zero-order valence-corrected chi connectivity index (χ0v) is 18.4. The van der Waals surface area contributed by atoms with Crippen molar-refractivity contribution < 1.29 is 18.0 Å². The molecular formula is C22H29F3N4OS. The van der Waals surface area contributed by atoms with Crippen LogP contribution in [-0.2, 0) is 4.79 Å². The average Bonchev–Trinajstić information content (AvgIpc) is 2.73. The van der Waals surface area contributed by atoms with Crippen LogP contribution in [-0.4, -0.2) is 55.1 Å². The number of nitrogens with one attached hydrogen (secondary N) is 1. The first-order valence-electron chi connectivity index (χ1n) is 10.8. The molecule has 31 heavy (non-hydrogen) atoms. The van der Waals surface area contributed by atoms with Gasteiger partial charge < -0.3 is 10.2 Å². The van der Waals surface area contributed by atoms with Crippen molar-refractivity contribution in [2.75, 3.05) is 37.6 Å². The second kappa shape index (κ2) is 11.1. The van der Waals surface area contributed by atoms with Gasteiger partial charge in [-0.2, -0.15) is 18.4 Å². The molecule has 0 atom stereocenters. The number of rotatable bonds is 7. The lowest BCUT2D eigenvalue weighted by atomic mass is 9.84. The standard InChI is InChI=1S/C22H29F3N4OS/c23-22(24,25)31-20-3-1-2-19(16-20)29-14-12-28(13-15-29)11-9-17-4-6-18(7-5-17)27-21(30)8-10-26/h1-3,16-18H,4-9,11-15H2,(H,27,30). The summed E-state index contributed by atoms with van der Waals surface area (Å²) < 4.78 is 37.9. The molecule has 0 unspecified atom stereocenters. The molecule has 5 nitrogen and oxygen atoms in total. The maximum atomic E-state index is 12.6. The second-order valence-electron chi connectivity index (χ2n) is 8.28. The molecular weight excluding hydrogens is 425 g/mol. The lowest BCUT2D eigenvalue weighted by Crippen LogP contribution is -2.47. The molecule has 1 heterocycles. The zero-order valence-electron chi connectivity index (χ0n) is 17.5. The first-order valence-corrected chi connectivity index (χ1v) is 11.6. The highest BCUT2D eigenvalue weighted by Gasteiger charge is 2.29. The number of hydrogen-bond donors (Lipinski definition) is 1. The molecule has 2 aliphatic rings. The molecule has 0 spiro atoms. The highest BCUT2D eigenvalue weighted by atomic mass is 32.2. The highest BCUT2D eigenvalue weighted by Crippen LogP contribution is 2.38. The van der Waals surface area contributed by atoms with Crippen molar-refractivity contribution >= 4 is 23.4 Å². The van der Waals surface area contributed by atoms with E-state index in [2.05, 4.69) is 15.1 Å². The van der Waals surface area contributed by atoms with Crippen LogP contribution in [0.15, 0.2) is 29.2 Å². The number of carbonyl (C=O) groups is 1. The molecule has 0 bridgehead atoms. The van der Waals surface area contributed by atoms with E-state index in [1.807, 2.05) is 12.1 Å². The predicted molar refractivity (Wildman–Crippen MR) is 116 cm³/mol. The molecule has 3 rings (SSSR count). The summed E-state index contributed by atoms with van der Waals surface area (Å²) >= 11 is -0.0655. The van der Waals surface area contributed by atoms with Crippen LogP contribution in [0.4, 0.5) is 18.9 Å². The summed E-state index contributed by atoms with van der Waals surface area (Å²) in [6.07, 6.45) is 5.21. The molecule has 9 heteroatoms.